The van der Waals surface area contributed by atoms with Gasteiger partial charge in [0.1, 0.15) is 17.2 Å². The van der Waals surface area contributed by atoms with Gasteiger partial charge in [0.2, 0.25) is 0 Å². The van der Waals surface area contributed by atoms with Crippen molar-refractivity contribution in [2.45, 2.75) is 31.0 Å². The molecule has 2 atom stereocenters. The van der Waals surface area contributed by atoms with Crippen LogP contribution in [0.25, 0.3) is 16.6 Å². The molecule has 0 N–H and O–H groups in total. The summed E-state index contributed by atoms with van der Waals surface area (Å²) in [6.45, 7) is -1.36. The Hall–Kier alpha value is -2.75. The van der Waals surface area contributed by atoms with E-state index in [9.17, 15) is 13.2 Å². The first-order valence-corrected chi connectivity index (χ1v) is 8.76. The van der Waals surface area contributed by atoms with Gasteiger partial charge in [0.15, 0.2) is 11.5 Å². The summed E-state index contributed by atoms with van der Waals surface area (Å²) in [6, 6.07) is 1.68. The molecular weight excluding hydrogens is 400 g/mol. The molecule has 1 aliphatic rings. The molecule has 144 valence electrons. The topological polar surface area (TPSA) is 60.9 Å². The lowest BCUT2D eigenvalue weighted by molar-refractivity contribution is -0.141. The summed E-state index contributed by atoms with van der Waals surface area (Å²) in [7, 11) is 0. The van der Waals surface area contributed by atoms with Gasteiger partial charge in [-0.25, -0.2) is 13.9 Å². The van der Waals surface area contributed by atoms with Gasteiger partial charge in [0.25, 0.3) is 0 Å². The number of hydrogen-bond acceptors (Lipinski definition) is 4. The van der Waals surface area contributed by atoms with Crippen molar-refractivity contribution in [2.75, 3.05) is 0 Å². The SMILES string of the molecule is Fc1c([C@H]2C[C@@H]2c2cc(Cl)nn3ccnc23)ncc2cnn(CC(F)(F)F)c12. The van der Waals surface area contributed by atoms with Crippen molar-refractivity contribution in [3.05, 3.63) is 53.1 Å². The summed E-state index contributed by atoms with van der Waals surface area (Å²) in [6.07, 6.45) is 1.86. The largest absolute Gasteiger partial charge is 0.408 e. The quantitative estimate of drug-likeness (QED) is 0.477. The molecule has 0 amide bonds. The minimum atomic E-state index is -4.50. The van der Waals surface area contributed by atoms with Crippen molar-refractivity contribution < 1.29 is 17.6 Å². The maximum atomic E-state index is 15.1. The first-order chi connectivity index (χ1) is 13.3. The zero-order chi connectivity index (χ0) is 19.6. The van der Waals surface area contributed by atoms with Crippen LogP contribution >= 0.6 is 11.6 Å². The van der Waals surface area contributed by atoms with Crippen molar-refractivity contribution in [1.82, 2.24) is 29.4 Å². The van der Waals surface area contributed by atoms with Crippen molar-refractivity contribution in [3.63, 3.8) is 0 Å². The Labute approximate surface area is 159 Å². The lowest BCUT2D eigenvalue weighted by atomic mass is 10.1. The van der Waals surface area contributed by atoms with Crippen LogP contribution in [0, 0.1) is 5.82 Å². The number of rotatable bonds is 3. The minimum Gasteiger partial charge on any atom is -0.257 e. The normalized spacial score (nSPS) is 19.6. The summed E-state index contributed by atoms with van der Waals surface area (Å²) in [5.41, 5.74) is 1.35. The Morgan fingerprint density at radius 3 is 2.79 bits per heavy atom. The second kappa shape index (κ2) is 5.87. The smallest absolute Gasteiger partial charge is 0.257 e. The first kappa shape index (κ1) is 17.4. The molecule has 0 saturated heterocycles. The van der Waals surface area contributed by atoms with Gasteiger partial charge in [-0.1, -0.05) is 11.6 Å². The van der Waals surface area contributed by atoms with E-state index < -0.39 is 18.5 Å². The molecule has 4 aromatic heterocycles. The molecule has 11 heteroatoms. The van der Waals surface area contributed by atoms with E-state index in [0.29, 0.717) is 16.7 Å². The number of fused-ring (bicyclic) bond motifs is 2. The predicted octanol–water partition coefficient (Wildman–Crippen LogP) is 4.10. The third kappa shape index (κ3) is 2.79. The van der Waals surface area contributed by atoms with Gasteiger partial charge in [-0.2, -0.15) is 23.4 Å². The number of hydrogen-bond donors (Lipinski definition) is 0. The first-order valence-electron chi connectivity index (χ1n) is 8.38. The molecule has 5 rings (SSSR count). The van der Waals surface area contributed by atoms with Crippen LogP contribution in [0.4, 0.5) is 17.6 Å². The number of imidazole rings is 1. The number of halogens is 5. The fourth-order valence-corrected chi connectivity index (χ4v) is 3.82. The van der Waals surface area contributed by atoms with Gasteiger partial charge in [0, 0.05) is 35.5 Å². The Kier molecular flexibility index (Phi) is 3.64. The minimum absolute atomic E-state index is 0.0937. The van der Waals surface area contributed by atoms with E-state index in [1.807, 2.05) is 0 Å². The fraction of sp³-hybridized carbons (Fsp3) is 0.294. The second-order valence-electron chi connectivity index (χ2n) is 6.75. The molecule has 0 radical (unpaired) electrons. The molecular formula is C17H11ClF4N6. The lowest BCUT2D eigenvalue weighted by Gasteiger charge is -2.09. The summed E-state index contributed by atoms with van der Waals surface area (Å²) in [4.78, 5) is 8.41. The molecule has 0 aromatic carbocycles. The van der Waals surface area contributed by atoms with Gasteiger partial charge in [-0.3, -0.25) is 9.67 Å². The molecule has 28 heavy (non-hydrogen) atoms. The molecule has 0 spiro atoms. The molecule has 0 aliphatic heterocycles. The van der Waals surface area contributed by atoms with Crippen LogP contribution in [-0.4, -0.2) is 35.5 Å². The molecule has 4 heterocycles. The van der Waals surface area contributed by atoms with Crippen LogP contribution in [0.2, 0.25) is 5.15 Å². The highest BCUT2D eigenvalue weighted by atomic mass is 35.5. The fourth-order valence-electron chi connectivity index (χ4n) is 3.62. The Bertz CT molecular complexity index is 1210. The summed E-state index contributed by atoms with van der Waals surface area (Å²) >= 11 is 6.06. The van der Waals surface area contributed by atoms with Crippen LogP contribution in [0.3, 0.4) is 0 Å². The monoisotopic (exact) mass is 410 g/mol. The van der Waals surface area contributed by atoms with Crippen molar-refractivity contribution in [1.29, 1.82) is 0 Å². The molecule has 0 unspecified atom stereocenters. The molecule has 1 saturated carbocycles. The van der Waals surface area contributed by atoms with Crippen LogP contribution in [0.15, 0.2) is 30.9 Å². The van der Waals surface area contributed by atoms with Crippen LogP contribution in [0.1, 0.15) is 29.5 Å². The van der Waals surface area contributed by atoms with E-state index in [4.69, 9.17) is 11.6 Å². The van der Waals surface area contributed by atoms with Gasteiger partial charge in [-0.15, -0.1) is 0 Å². The zero-order valence-corrected chi connectivity index (χ0v) is 14.8. The maximum Gasteiger partial charge on any atom is 0.408 e. The summed E-state index contributed by atoms with van der Waals surface area (Å²) in [5, 5.41) is 8.28. The van der Waals surface area contributed by atoms with E-state index in [1.54, 1.807) is 23.0 Å². The van der Waals surface area contributed by atoms with Crippen LogP contribution in [0.5, 0.6) is 0 Å². The average Bonchev–Trinajstić information content (AvgIpc) is 3.05. The molecule has 6 nitrogen and oxygen atoms in total. The molecule has 0 bridgehead atoms. The van der Waals surface area contributed by atoms with Crippen molar-refractivity contribution >= 4 is 28.2 Å². The summed E-state index contributed by atoms with van der Waals surface area (Å²) in [5.74, 6) is -1.15. The molecule has 1 aliphatic carbocycles. The van der Waals surface area contributed by atoms with E-state index in [0.717, 1.165) is 5.56 Å². The highest BCUT2D eigenvalue weighted by Crippen LogP contribution is 2.55. The van der Waals surface area contributed by atoms with E-state index in [2.05, 4.69) is 20.2 Å². The second-order valence-corrected chi connectivity index (χ2v) is 7.13. The van der Waals surface area contributed by atoms with Crippen LogP contribution in [-0.2, 0) is 6.54 Å². The highest BCUT2D eigenvalue weighted by Gasteiger charge is 2.44. The van der Waals surface area contributed by atoms with Gasteiger partial charge >= 0.3 is 6.18 Å². The highest BCUT2D eigenvalue weighted by molar-refractivity contribution is 6.29. The standard InChI is InChI=1S/C17H11ClF4N6/c18-12-4-11(16-23-1-2-27(16)26-12)9-3-10(9)14-13(19)15-8(5-24-14)6-25-28(15)7-17(20,21)22/h1-2,4-6,9-10H,3,7H2/t9-,10-/m0/s1. The average molecular weight is 411 g/mol. The number of alkyl halides is 3. The predicted molar refractivity (Wildman–Crippen MR) is 91.6 cm³/mol. The Morgan fingerprint density at radius 2 is 2.00 bits per heavy atom. The van der Waals surface area contributed by atoms with Gasteiger partial charge in [0.05, 0.1) is 11.9 Å². The lowest BCUT2D eigenvalue weighted by Crippen LogP contribution is -2.19. The van der Waals surface area contributed by atoms with E-state index in [-0.39, 0.29) is 33.6 Å². The third-order valence-corrected chi connectivity index (χ3v) is 5.06. The maximum absolute atomic E-state index is 15.1. The molecule has 1 fully saturated rings. The number of nitrogens with zero attached hydrogens (tertiary/aromatic N) is 6. The van der Waals surface area contributed by atoms with Crippen LogP contribution < -0.4 is 0 Å². The van der Waals surface area contributed by atoms with Crippen molar-refractivity contribution in [2.24, 2.45) is 0 Å². The van der Waals surface area contributed by atoms with E-state index >= 15 is 4.39 Å². The Morgan fingerprint density at radius 1 is 1.18 bits per heavy atom. The van der Waals surface area contributed by atoms with Gasteiger partial charge in [-0.05, 0) is 18.4 Å². The summed E-state index contributed by atoms with van der Waals surface area (Å²) < 4.78 is 55.6. The van der Waals surface area contributed by atoms with E-state index in [1.165, 1.54) is 12.4 Å². The number of aromatic nitrogens is 6. The number of pyridine rings is 1. The molecule has 4 aromatic rings. The van der Waals surface area contributed by atoms with Crippen molar-refractivity contribution in [3.8, 4) is 0 Å². The van der Waals surface area contributed by atoms with Gasteiger partial charge < -0.3 is 0 Å². The third-order valence-electron chi connectivity index (χ3n) is 4.87. The Balaban J connectivity index is 1.55. The zero-order valence-electron chi connectivity index (χ0n) is 14.0.